The smallest absolute Gasteiger partial charge is 0.292 e. The number of alkyl halides is 6. The van der Waals surface area contributed by atoms with E-state index in [4.69, 9.17) is 0 Å². The summed E-state index contributed by atoms with van der Waals surface area (Å²) in [6.07, 6.45) is -5.99. The highest BCUT2D eigenvalue weighted by Crippen LogP contribution is 2.50. The summed E-state index contributed by atoms with van der Waals surface area (Å²) in [5, 5.41) is 0. The normalized spacial score (nSPS) is 30.6. The third-order valence-electron chi connectivity index (χ3n) is 8.50. The molecule has 0 unspecified atom stereocenters. The SMILES string of the molecule is O=S1(=O)N[C@]2(CN1CC(F)(F)F)[C@@H]1CC[C@H]2Cc2cc(C#CCN3CCC(C(F)(F)F)CC3)ccc2C1. The van der Waals surface area contributed by atoms with Gasteiger partial charge in [-0.3, -0.25) is 4.90 Å². The maximum Gasteiger partial charge on any atom is 0.402 e. The van der Waals surface area contributed by atoms with Crippen LogP contribution >= 0.6 is 0 Å². The van der Waals surface area contributed by atoms with Crippen LogP contribution in [0.3, 0.4) is 0 Å². The Hall–Kier alpha value is -1.81. The van der Waals surface area contributed by atoms with Crippen molar-refractivity contribution in [1.29, 1.82) is 0 Å². The maximum atomic E-state index is 13.0. The third kappa shape index (κ3) is 5.51. The van der Waals surface area contributed by atoms with Gasteiger partial charge < -0.3 is 0 Å². The summed E-state index contributed by atoms with van der Waals surface area (Å²) >= 11 is 0. The van der Waals surface area contributed by atoms with E-state index in [0.717, 1.165) is 29.5 Å². The lowest BCUT2D eigenvalue weighted by Gasteiger charge is -2.33. The van der Waals surface area contributed by atoms with Crippen LogP contribution < -0.4 is 4.72 Å². The highest BCUT2D eigenvalue weighted by atomic mass is 32.2. The lowest BCUT2D eigenvalue weighted by molar-refractivity contribution is -0.184. The summed E-state index contributed by atoms with van der Waals surface area (Å²) in [6.45, 7) is -0.586. The fourth-order valence-electron chi connectivity index (χ4n) is 6.59. The van der Waals surface area contributed by atoms with Crippen molar-refractivity contribution in [1.82, 2.24) is 13.9 Å². The molecule has 0 amide bonds. The summed E-state index contributed by atoms with van der Waals surface area (Å²) in [4.78, 5) is 1.92. The van der Waals surface area contributed by atoms with Gasteiger partial charge in [0, 0.05) is 12.1 Å². The third-order valence-corrected chi connectivity index (χ3v) is 10.1. The van der Waals surface area contributed by atoms with Gasteiger partial charge in [-0.1, -0.05) is 17.9 Å². The first-order valence-corrected chi connectivity index (χ1v) is 13.9. The Labute approximate surface area is 212 Å². The Kier molecular flexibility index (Phi) is 6.83. The molecule has 1 saturated carbocycles. The second kappa shape index (κ2) is 9.43. The highest BCUT2D eigenvalue weighted by Gasteiger charge is 2.60. The van der Waals surface area contributed by atoms with Gasteiger partial charge >= 0.3 is 12.4 Å². The van der Waals surface area contributed by atoms with E-state index < -0.39 is 40.6 Å². The van der Waals surface area contributed by atoms with Crippen LogP contribution in [0.5, 0.6) is 0 Å². The number of benzene rings is 1. The van der Waals surface area contributed by atoms with Crippen molar-refractivity contribution in [2.24, 2.45) is 17.8 Å². The molecule has 5 nitrogen and oxygen atoms in total. The molecule has 3 fully saturated rings. The van der Waals surface area contributed by atoms with E-state index in [1.165, 1.54) is 0 Å². The highest BCUT2D eigenvalue weighted by molar-refractivity contribution is 7.87. The van der Waals surface area contributed by atoms with E-state index >= 15 is 0 Å². The molecule has 1 aromatic carbocycles. The minimum atomic E-state index is -4.62. The van der Waals surface area contributed by atoms with Crippen molar-refractivity contribution in [3.8, 4) is 11.8 Å². The van der Waals surface area contributed by atoms with Crippen molar-refractivity contribution < 1.29 is 34.8 Å². The van der Waals surface area contributed by atoms with E-state index in [-0.39, 0.29) is 31.2 Å². The molecule has 1 spiro atoms. The molecule has 2 aliphatic carbocycles. The van der Waals surface area contributed by atoms with Crippen LogP contribution in [-0.2, 0) is 23.1 Å². The standard InChI is InChI=1S/C25H29F6N3O2S/c26-24(27,28)16-34-15-23(32-37(34,35)36)21-5-6-22(23)14-19-12-17(3-4-18(19)13-21)2-1-9-33-10-7-20(8-11-33)25(29,30)31/h3-4,12,20-22,32H,5-11,13-16H2/t21-,22+,23-/m1/s1. The molecule has 204 valence electrons. The second-order valence-corrected chi connectivity index (χ2v) is 12.5. The van der Waals surface area contributed by atoms with E-state index in [1.807, 2.05) is 23.1 Å². The quantitative estimate of drug-likeness (QED) is 0.450. The van der Waals surface area contributed by atoms with Crippen LogP contribution in [0.4, 0.5) is 26.3 Å². The minimum absolute atomic E-state index is 0.0818. The lowest BCUT2D eigenvalue weighted by Crippen LogP contribution is -2.52. The Balaban J connectivity index is 1.27. The van der Waals surface area contributed by atoms with Crippen LogP contribution in [0.15, 0.2) is 18.2 Å². The molecule has 2 aliphatic heterocycles. The molecule has 1 aromatic rings. The zero-order valence-electron chi connectivity index (χ0n) is 20.1. The molecule has 1 N–H and O–H groups in total. The van der Waals surface area contributed by atoms with Crippen LogP contribution in [-0.4, -0.2) is 68.2 Å². The van der Waals surface area contributed by atoms with Gasteiger partial charge in [-0.15, -0.1) is 0 Å². The number of fused-ring (bicyclic) bond motifs is 1. The number of rotatable bonds is 2. The van der Waals surface area contributed by atoms with Gasteiger partial charge in [-0.05, 0) is 86.7 Å². The molecule has 5 rings (SSSR count). The van der Waals surface area contributed by atoms with E-state index in [2.05, 4.69) is 16.6 Å². The Morgan fingerprint density at radius 3 is 2.24 bits per heavy atom. The molecule has 2 saturated heterocycles. The molecule has 37 heavy (non-hydrogen) atoms. The van der Waals surface area contributed by atoms with Gasteiger partial charge in [0.25, 0.3) is 10.2 Å². The van der Waals surface area contributed by atoms with Gasteiger partial charge in [0.05, 0.1) is 18.0 Å². The summed E-state index contributed by atoms with van der Waals surface area (Å²) < 4.78 is 106. The van der Waals surface area contributed by atoms with Gasteiger partial charge in [-0.2, -0.15) is 43.8 Å². The first kappa shape index (κ1) is 26.8. The molecule has 2 bridgehead atoms. The Morgan fingerprint density at radius 2 is 1.62 bits per heavy atom. The zero-order chi connectivity index (χ0) is 26.6. The number of likely N-dealkylation sites (tertiary alicyclic amines) is 1. The van der Waals surface area contributed by atoms with Crippen molar-refractivity contribution in [2.45, 2.75) is 56.4 Å². The zero-order valence-corrected chi connectivity index (χ0v) is 20.9. The van der Waals surface area contributed by atoms with Gasteiger partial charge in [0.2, 0.25) is 0 Å². The summed E-state index contributed by atoms with van der Waals surface area (Å²) in [6, 6.07) is 5.80. The molecule has 0 radical (unpaired) electrons. The van der Waals surface area contributed by atoms with Crippen molar-refractivity contribution in [3.05, 3.63) is 34.9 Å². The van der Waals surface area contributed by atoms with Crippen LogP contribution in [0.25, 0.3) is 0 Å². The molecule has 12 heteroatoms. The van der Waals surface area contributed by atoms with E-state index in [1.54, 1.807) is 0 Å². The van der Waals surface area contributed by atoms with Crippen LogP contribution in [0.2, 0.25) is 0 Å². The van der Waals surface area contributed by atoms with Crippen molar-refractivity contribution in [3.63, 3.8) is 0 Å². The van der Waals surface area contributed by atoms with Crippen LogP contribution in [0, 0.1) is 29.6 Å². The average Bonchev–Trinajstić information content (AvgIpc) is 3.17. The number of hydrogen-bond acceptors (Lipinski definition) is 3. The molecular formula is C25H29F6N3O2S. The van der Waals surface area contributed by atoms with Crippen molar-refractivity contribution >= 4 is 10.2 Å². The summed E-state index contributed by atoms with van der Waals surface area (Å²) in [5.74, 6) is 4.69. The second-order valence-electron chi connectivity index (χ2n) is 10.8. The fraction of sp³-hybridized carbons (Fsp3) is 0.680. The molecule has 2 heterocycles. The summed E-state index contributed by atoms with van der Waals surface area (Å²) in [7, 11) is -4.23. The monoisotopic (exact) mass is 549 g/mol. The molecule has 3 atom stereocenters. The number of piperidine rings is 1. The largest absolute Gasteiger partial charge is 0.402 e. The Bertz CT molecular complexity index is 1200. The first-order chi connectivity index (χ1) is 17.3. The van der Waals surface area contributed by atoms with Crippen LogP contribution in [0.1, 0.15) is 42.4 Å². The molecule has 4 aliphatic rings. The number of nitrogens with zero attached hydrogens (tertiary/aromatic N) is 2. The predicted octanol–water partition coefficient (Wildman–Crippen LogP) is 3.89. The Morgan fingerprint density at radius 1 is 0.973 bits per heavy atom. The lowest BCUT2D eigenvalue weighted by atomic mass is 9.79. The summed E-state index contributed by atoms with van der Waals surface area (Å²) in [5.41, 5.74) is 1.93. The first-order valence-electron chi connectivity index (χ1n) is 12.5. The van der Waals surface area contributed by atoms with Gasteiger partial charge in [0.1, 0.15) is 6.54 Å². The van der Waals surface area contributed by atoms with Gasteiger partial charge in [-0.25, -0.2) is 0 Å². The van der Waals surface area contributed by atoms with E-state index in [0.29, 0.717) is 36.8 Å². The fourth-order valence-corrected chi connectivity index (χ4v) is 8.30. The van der Waals surface area contributed by atoms with E-state index in [9.17, 15) is 34.8 Å². The average molecular weight is 550 g/mol. The molecular weight excluding hydrogens is 520 g/mol. The van der Waals surface area contributed by atoms with Crippen molar-refractivity contribution in [2.75, 3.05) is 32.7 Å². The van der Waals surface area contributed by atoms with Gasteiger partial charge in [0.15, 0.2) is 0 Å². The molecule has 0 aromatic heterocycles. The number of hydrogen-bond donors (Lipinski definition) is 1. The number of nitrogens with one attached hydrogen (secondary N) is 1. The predicted molar refractivity (Wildman–Crippen MR) is 125 cm³/mol. The number of halogens is 6. The minimum Gasteiger partial charge on any atom is -0.292 e. The maximum absolute atomic E-state index is 13.0. The topological polar surface area (TPSA) is 52.7 Å².